The smallest absolute Gasteiger partial charge is 0.0716 e. The summed E-state index contributed by atoms with van der Waals surface area (Å²) in [5.74, 6) is 0. The van der Waals surface area contributed by atoms with E-state index in [1.807, 2.05) is 0 Å². The van der Waals surface area contributed by atoms with Crippen LogP contribution in [-0.4, -0.2) is 18.7 Å². The zero-order valence-electron chi connectivity index (χ0n) is 34.2. The maximum atomic E-state index is 5.52. The monoisotopic (exact) mass is 802 g/mol. The van der Waals surface area contributed by atoms with Gasteiger partial charge >= 0.3 is 0 Å². The van der Waals surface area contributed by atoms with Crippen molar-refractivity contribution in [3.63, 3.8) is 0 Å². The summed E-state index contributed by atoms with van der Waals surface area (Å²) in [7, 11) is 0. The van der Waals surface area contributed by atoms with E-state index in [9.17, 15) is 0 Å². The average molecular weight is 803 g/mol. The van der Waals surface area contributed by atoms with E-state index < -0.39 is 0 Å². The zero-order chi connectivity index (χ0) is 41.4. The Morgan fingerprint density at radius 1 is 0.222 bits per heavy atom. The van der Waals surface area contributed by atoms with Crippen LogP contribution in [0.5, 0.6) is 0 Å². The predicted molar refractivity (Wildman–Crippen MR) is 264 cm³/mol. The number of nitrogens with zero attached hydrogens (tertiary/aromatic N) is 4. The van der Waals surface area contributed by atoms with E-state index in [4.69, 9.17) is 4.98 Å². The largest absolute Gasteiger partial charge is 0.309 e. The Bertz CT molecular complexity index is 3360. The number of aromatic nitrogens is 4. The summed E-state index contributed by atoms with van der Waals surface area (Å²) in [6.45, 7) is 0. The van der Waals surface area contributed by atoms with Gasteiger partial charge in [-0.25, -0.2) is 4.98 Å². The van der Waals surface area contributed by atoms with Crippen LogP contribution in [0.4, 0.5) is 0 Å². The van der Waals surface area contributed by atoms with Crippen LogP contribution in [0.2, 0.25) is 0 Å². The fraction of sp³-hybridized carbons (Fsp3) is 0. The third-order valence-electron chi connectivity index (χ3n) is 12.8. The van der Waals surface area contributed by atoms with Crippen molar-refractivity contribution in [1.29, 1.82) is 0 Å². The number of fused-ring (bicyclic) bond motifs is 9. The number of pyridine rings is 1. The molecule has 0 saturated carbocycles. The molecule has 0 amide bonds. The second-order valence-electron chi connectivity index (χ2n) is 16.4. The molecule has 0 aliphatic carbocycles. The van der Waals surface area contributed by atoms with E-state index in [1.54, 1.807) is 0 Å². The van der Waals surface area contributed by atoms with Crippen molar-refractivity contribution >= 4 is 65.4 Å². The molecule has 0 N–H and O–H groups in total. The molecule has 4 heteroatoms. The Labute approximate surface area is 363 Å². The Hall–Kier alpha value is -8.47. The molecule has 13 rings (SSSR count). The molecule has 0 bridgehead atoms. The third-order valence-corrected chi connectivity index (χ3v) is 12.8. The van der Waals surface area contributed by atoms with Crippen LogP contribution in [0.15, 0.2) is 231 Å². The van der Waals surface area contributed by atoms with Crippen molar-refractivity contribution in [2.45, 2.75) is 0 Å². The molecule has 9 aromatic carbocycles. The van der Waals surface area contributed by atoms with Gasteiger partial charge in [0.15, 0.2) is 0 Å². The Morgan fingerprint density at radius 2 is 0.492 bits per heavy atom. The molecular formula is C59H38N4. The third kappa shape index (κ3) is 5.59. The number of hydrogen-bond donors (Lipinski definition) is 0. The van der Waals surface area contributed by atoms with E-state index >= 15 is 0 Å². The Balaban J connectivity index is 1.01. The van der Waals surface area contributed by atoms with E-state index in [0.717, 1.165) is 50.7 Å². The number of rotatable bonds is 6. The molecule has 0 aliphatic rings. The van der Waals surface area contributed by atoms with Gasteiger partial charge in [0.2, 0.25) is 0 Å². The van der Waals surface area contributed by atoms with Crippen molar-refractivity contribution in [2.75, 3.05) is 0 Å². The van der Waals surface area contributed by atoms with Gasteiger partial charge in [-0.3, -0.25) is 0 Å². The molecule has 0 saturated heterocycles. The van der Waals surface area contributed by atoms with Crippen LogP contribution in [0.3, 0.4) is 0 Å². The first kappa shape index (κ1) is 35.3. The fourth-order valence-electron chi connectivity index (χ4n) is 10.0. The number of para-hydroxylation sites is 6. The topological polar surface area (TPSA) is 27.7 Å². The van der Waals surface area contributed by atoms with E-state index in [0.29, 0.717) is 0 Å². The Kier molecular flexibility index (Phi) is 7.87. The molecule has 4 heterocycles. The van der Waals surface area contributed by atoms with E-state index in [-0.39, 0.29) is 0 Å². The van der Waals surface area contributed by atoms with Gasteiger partial charge in [-0.15, -0.1) is 0 Å². The SMILES string of the molecule is c1cc(-c2cc(-c3cccc(-n4c5ccccc5c5ccccc54)c3)nc(-c3cccc(-n4c5ccccc5c5ccccc54)c3)c2)cc(-n2c3ccccc3c3ccccc32)c1. The summed E-state index contributed by atoms with van der Waals surface area (Å²) in [6.07, 6.45) is 0. The highest BCUT2D eigenvalue weighted by molar-refractivity contribution is 6.11. The van der Waals surface area contributed by atoms with Gasteiger partial charge in [0.1, 0.15) is 0 Å². The summed E-state index contributed by atoms with van der Waals surface area (Å²) in [4.78, 5) is 5.52. The minimum Gasteiger partial charge on any atom is -0.309 e. The molecule has 0 radical (unpaired) electrons. The molecule has 4 aromatic heterocycles. The lowest BCUT2D eigenvalue weighted by Gasteiger charge is -2.15. The molecule has 294 valence electrons. The first-order chi connectivity index (χ1) is 31.2. The molecular weight excluding hydrogens is 765 g/mol. The standard InChI is InChI=1S/C59H38N4/c1-7-28-54-46(22-1)47-23-2-8-29-55(47)61(54)43-19-13-16-39(34-43)42-37-52(40-17-14-20-44(35-40)62-56-30-9-3-24-48(56)49-25-4-10-31-57(49)62)60-53(38-42)41-18-15-21-45(36-41)63-58-32-11-5-26-50(58)51-27-6-12-33-59(51)63/h1-38H. The van der Waals surface area contributed by atoms with Gasteiger partial charge in [0.25, 0.3) is 0 Å². The van der Waals surface area contributed by atoms with Gasteiger partial charge in [-0.2, -0.15) is 0 Å². The molecule has 4 nitrogen and oxygen atoms in total. The van der Waals surface area contributed by atoms with Crippen LogP contribution in [0, 0.1) is 0 Å². The Morgan fingerprint density at radius 3 is 0.810 bits per heavy atom. The van der Waals surface area contributed by atoms with Gasteiger partial charge in [-0.1, -0.05) is 146 Å². The highest BCUT2D eigenvalue weighted by Gasteiger charge is 2.17. The summed E-state index contributed by atoms with van der Waals surface area (Å²) >= 11 is 0. The first-order valence-electron chi connectivity index (χ1n) is 21.5. The lowest BCUT2D eigenvalue weighted by Crippen LogP contribution is -1.97. The number of benzene rings is 9. The normalized spacial score (nSPS) is 11.8. The molecule has 0 aliphatic heterocycles. The molecule has 13 aromatic rings. The van der Waals surface area contributed by atoms with Gasteiger partial charge in [0.05, 0.1) is 44.5 Å². The second kappa shape index (κ2) is 14.1. The summed E-state index contributed by atoms with van der Waals surface area (Å²) in [6, 6.07) is 83.3. The van der Waals surface area contributed by atoms with Crippen molar-refractivity contribution in [3.8, 4) is 50.7 Å². The van der Waals surface area contributed by atoms with E-state index in [2.05, 4.69) is 244 Å². The summed E-state index contributed by atoms with van der Waals surface area (Å²) < 4.78 is 7.15. The molecule has 0 atom stereocenters. The maximum Gasteiger partial charge on any atom is 0.0716 e. The fourth-order valence-corrected chi connectivity index (χ4v) is 10.0. The zero-order valence-corrected chi connectivity index (χ0v) is 34.2. The highest BCUT2D eigenvalue weighted by Crippen LogP contribution is 2.38. The quantitative estimate of drug-likeness (QED) is 0.165. The van der Waals surface area contributed by atoms with Crippen LogP contribution in [0.1, 0.15) is 0 Å². The maximum absolute atomic E-state index is 5.52. The average Bonchev–Trinajstić information content (AvgIpc) is 4.00. The first-order valence-corrected chi connectivity index (χ1v) is 21.5. The minimum atomic E-state index is 0.912. The van der Waals surface area contributed by atoms with Crippen LogP contribution >= 0.6 is 0 Å². The molecule has 63 heavy (non-hydrogen) atoms. The summed E-state index contributed by atoms with van der Waals surface area (Å²) in [5, 5.41) is 7.47. The van der Waals surface area contributed by atoms with Crippen LogP contribution < -0.4 is 0 Å². The van der Waals surface area contributed by atoms with Crippen LogP contribution in [0.25, 0.3) is 116 Å². The summed E-state index contributed by atoms with van der Waals surface area (Å²) in [5.41, 5.74) is 16.6. The lowest BCUT2D eigenvalue weighted by molar-refractivity contribution is 1.17. The highest BCUT2D eigenvalue weighted by atomic mass is 15.0. The van der Waals surface area contributed by atoms with Gasteiger partial charge in [-0.05, 0) is 96.1 Å². The molecule has 0 fully saturated rings. The van der Waals surface area contributed by atoms with Crippen LogP contribution in [-0.2, 0) is 0 Å². The van der Waals surface area contributed by atoms with Crippen molar-refractivity contribution in [3.05, 3.63) is 231 Å². The van der Waals surface area contributed by atoms with E-state index in [1.165, 1.54) is 65.4 Å². The van der Waals surface area contributed by atoms with Crippen molar-refractivity contribution < 1.29 is 0 Å². The van der Waals surface area contributed by atoms with Crippen molar-refractivity contribution in [2.24, 2.45) is 0 Å². The van der Waals surface area contributed by atoms with Gasteiger partial charge in [0, 0.05) is 60.5 Å². The predicted octanol–water partition coefficient (Wildman–Crippen LogP) is 15.4. The van der Waals surface area contributed by atoms with Gasteiger partial charge < -0.3 is 13.7 Å². The van der Waals surface area contributed by atoms with Crippen molar-refractivity contribution in [1.82, 2.24) is 18.7 Å². The number of hydrogen-bond acceptors (Lipinski definition) is 1. The molecule has 0 spiro atoms. The minimum absolute atomic E-state index is 0.912. The second-order valence-corrected chi connectivity index (χ2v) is 16.4. The lowest BCUT2D eigenvalue weighted by atomic mass is 9.99. The molecule has 0 unspecified atom stereocenters.